The van der Waals surface area contributed by atoms with Crippen molar-refractivity contribution in [2.24, 2.45) is 0 Å². The predicted octanol–water partition coefficient (Wildman–Crippen LogP) is 1.78. The number of carbonyl (C=O) groups is 1. The molecule has 1 atom stereocenters. The minimum Gasteiger partial charge on any atom is -0.372 e. The second kappa shape index (κ2) is 6.60. The first-order valence-electron chi connectivity index (χ1n) is 5.16. The molecular weight excluding hydrogens is 218 g/mol. The number of carbonyl (C=O) groups excluding carboxylic acids is 2. The molecule has 1 aromatic rings. The van der Waals surface area contributed by atoms with E-state index in [0.29, 0.717) is 5.69 Å². The first-order valence-corrected chi connectivity index (χ1v) is 5.16. The van der Waals surface area contributed by atoms with Crippen molar-refractivity contribution < 1.29 is 14.3 Å². The van der Waals surface area contributed by atoms with Crippen molar-refractivity contribution in [1.82, 2.24) is 0 Å². The SMILES string of the molecule is COC(C)C(=O)Nc1ccccc1/C=C/[C]=O. The average molecular weight is 232 g/mol. The molecule has 1 radical (unpaired) electrons. The summed E-state index contributed by atoms with van der Waals surface area (Å²) in [5, 5.41) is 2.73. The molecule has 17 heavy (non-hydrogen) atoms. The molecule has 0 saturated heterocycles. The fourth-order valence-corrected chi connectivity index (χ4v) is 1.22. The highest BCUT2D eigenvalue weighted by Crippen LogP contribution is 2.16. The Morgan fingerprint density at radius 1 is 1.47 bits per heavy atom. The molecule has 0 aliphatic carbocycles. The summed E-state index contributed by atoms with van der Waals surface area (Å²) < 4.78 is 4.91. The molecule has 0 aromatic heterocycles. The van der Waals surface area contributed by atoms with Gasteiger partial charge in [0.05, 0.1) is 0 Å². The largest absolute Gasteiger partial charge is 0.372 e. The number of benzene rings is 1. The van der Waals surface area contributed by atoms with Crippen LogP contribution in [0.2, 0.25) is 0 Å². The fraction of sp³-hybridized carbons (Fsp3) is 0.231. The smallest absolute Gasteiger partial charge is 0.253 e. The van der Waals surface area contributed by atoms with Crippen molar-refractivity contribution in [2.45, 2.75) is 13.0 Å². The third-order valence-electron chi connectivity index (χ3n) is 2.27. The van der Waals surface area contributed by atoms with Crippen LogP contribution in [0, 0.1) is 0 Å². The third-order valence-corrected chi connectivity index (χ3v) is 2.27. The summed E-state index contributed by atoms with van der Waals surface area (Å²) in [5.41, 5.74) is 1.38. The monoisotopic (exact) mass is 232 g/mol. The van der Waals surface area contributed by atoms with Crippen LogP contribution >= 0.6 is 0 Å². The van der Waals surface area contributed by atoms with Gasteiger partial charge in [0.25, 0.3) is 5.91 Å². The number of amides is 1. The quantitative estimate of drug-likeness (QED) is 0.787. The molecule has 89 valence electrons. The van der Waals surface area contributed by atoms with Crippen LogP contribution < -0.4 is 5.32 Å². The number of anilines is 1. The molecule has 0 bridgehead atoms. The topological polar surface area (TPSA) is 55.4 Å². The molecule has 4 heteroatoms. The average Bonchev–Trinajstić information content (AvgIpc) is 2.36. The lowest BCUT2D eigenvalue weighted by atomic mass is 10.1. The van der Waals surface area contributed by atoms with Crippen molar-refractivity contribution in [1.29, 1.82) is 0 Å². The number of allylic oxidation sites excluding steroid dienone is 1. The van der Waals surface area contributed by atoms with Crippen LogP contribution in [0.3, 0.4) is 0 Å². The number of hydrogen-bond donors (Lipinski definition) is 1. The molecule has 0 spiro atoms. The molecule has 0 saturated carbocycles. The van der Waals surface area contributed by atoms with Gasteiger partial charge in [-0.2, -0.15) is 0 Å². The maximum atomic E-state index is 11.6. The van der Waals surface area contributed by atoms with E-state index in [1.807, 2.05) is 6.07 Å². The Bertz CT molecular complexity index is 426. The zero-order valence-electron chi connectivity index (χ0n) is 9.77. The van der Waals surface area contributed by atoms with Gasteiger partial charge in [-0.25, -0.2) is 0 Å². The van der Waals surface area contributed by atoms with Crippen molar-refractivity contribution in [2.75, 3.05) is 12.4 Å². The number of nitrogens with one attached hydrogen (secondary N) is 1. The number of methoxy groups -OCH3 is 1. The first kappa shape index (κ1) is 13.1. The van der Waals surface area contributed by atoms with Crippen LogP contribution in [-0.2, 0) is 14.3 Å². The Hall–Kier alpha value is -1.94. The molecule has 0 heterocycles. The zero-order chi connectivity index (χ0) is 12.7. The van der Waals surface area contributed by atoms with Crippen LogP contribution in [0.4, 0.5) is 5.69 Å². The molecule has 1 amide bonds. The van der Waals surface area contributed by atoms with Crippen LogP contribution in [0.1, 0.15) is 12.5 Å². The summed E-state index contributed by atoms with van der Waals surface area (Å²) in [6, 6.07) is 7.17. The van der Waals surface area contributed by atoms with Gasteiger partial charge in [0, 0.05) is 12.8 Å². The molecular formula is C13H14NO3. The maximum Gasteiger partial charge on any atom is 0.253 e. The molecule has 1 rings (SSSR count). The molecule has 0 fully saturated rings. The van der Waals surface area contributed by atoms with E-state index in [1.165, 1.54) is 13.2 Å². The molecule has 0 aliphatic heterocycles. The summed E-state index contributed by atoms with van der Waals surface area (Å²) in [6.45, 7) is 1.66. The van der Waals surface area contributed by atoms with Crippen LogP contribution in [0.5, 0.6) is 0 Å². The van der Waals surface area contributed by atoms with Crippen LogP contribution in [0.15, 0.2) is 30.3 Å². The van der Waals surface area contributed by atoms with Crippen molar-refractivity contribution in [3.63, 3.8) is 0 Å². The zero-order valence-corrected chi connectivity index (χ0v) is 9.77. The van der Waals surface area contributed by atoms with Gasteiger partial charge >= 0.3 is 0 Å². The summed E-state index contributed by atoms with van der Waals surface area (Å²) in [6.07, 6.45) is 3.98. The fourth-order valence-electron chi connectivity index (χ4n) is 1.22. The Morgan fingerprint density at radius 2 is 2.18 bits per heavy atom. The van der Waals surface area contributed by atoms with Crippen molar-refractivity contribution in [3.8, 4) is 0 Å². The maximum absolute atomic E-state index is 11.6. The van der Waals surface area contributed by atoms with Crippen LogP contribution in [-0.4, -0.2) is 25.4 Å². The lowest BCUT2D eigenvalue weighted by Crippen LogP contribution is -2.26. The van der Waals surface area contributed by atoms with Gasteiger partial charge in [0.2, 0.25) is 6.29 Å². The molecule has 1 unspecified atom stereocenters. The molecule has 1 aromatic carbocycles. The van der Waals surface area contributed by atoms with E-state index in [-0.39, 0.29) is 5.91 Å². The Morgan fingerprint density at radius 3 is 2.82 bits per heavy atom. The highest BCUT2D eigenvalue weighted by molar-refractivity contribution is 5.96. The second-order valence-corrected chi connectivity index (χ2v) is 3.41. The van der Waals surface area contributed by atoms with Gasteiger partial charge in [-0.15, -0.1) is 0 Å². The lowest BCUT2D eigenvalue weighted by Gasteiger charge is -2.12. The predicted molar refractivity (Wildman–Crippen MR) is 66.3 cm³/mol. The second-order valence-electron chi connectivity index (χ2n) is 3.41. The standard InChI is InChI=1S/C13H14NO3/c1-10(17-2)13(16)14-12-8-4-3-6-11(12)7-5-9-15/h3-8,10H,1-2H3,(H,14,16)/b7-5+. The molecule has 4 nitrogen and oxygen atoms in total. The third kappa shape index (κ3) is 3.85. The van der Waals surface area contributed by atoms with E-state index in [0.717, 1.165) is 5.56 Å². The van der Waals surface area contributed by atoms with Gasteiger partial charge < -0.3 is 10.1 Å². The van der Waals surface area contributed by atoms with Gasteiger partial charge in [-0.3, -0.25) is 9.59 Å². The van der Waals surface area contributed by atoms with E-state index in [2.05, 4.69) is 5.32 Å². The van der Waals surface area contributed by atoms with Gasteiger partial charge in [-0.1, -0.05) is 18.2 Å². The lowest BCUT2D eigenvalue weighted by molar-refractivity contribution is -0.124. The Kier molecular flexibility index (Phi) is 5.10. The van der Waals surface area contributed by atoms with Crippen molar-refractivity contribution >= 4 is 24.0 Å². The van der Waals surface area contributed by atoms with Crippen molar-refractivity contribution in [3.05, 3.63) is 35.9 Å². The molecule has 1 N–H and O–H groups in total. The van der Waals surface area contributed by atoms with Crippen LogP contribution in [0.25, 0.3) is 6.08 Å². The summed E-state index contributed by atoms with van der Waals surface area (Å²) >= 11 is 0. The number of hydrogen-bond acceptors (Lipinski definition) is 3. The van der Waals surface area contributed by atoms with E-state index < -0.39 is 6.10 Å². The minimum atomic E-state index is -0.523. The summed E-state index contributed by atoms with van der Waals surface area (Å²) in [4.78, 5) is 21.8. The highest BCUT2D eigenvalue weighted by atomic mass is 16.5. The van der Waals surface area contributed by atoms with E-state index in [9.17, 15) is 9.59 Å². The number of ether oxygens (including phenoxy) is 1. The van der Waals surface area contributed by atoms with Gasteiger partial charge in [0.15, 0.2) is 0 Å². The molecule has 0 aliphatic rings. The first-order chi connectivity index (χ1) is 8.19. The summed E-state index contributed by atoms with van der Waals surface area (Å²) in [7, 11) is 1.47. The number of rotatable bonds is 5. The van der Waals surface area contributed by atoms with E-state index >= 15 is 0 Å². The van der Waals surface area contributed by atoms with E-state index in [1.54, 1.807) is 37.5 Å². The minimum absolute atomic E-state index is 0.233. The van der Waals surface area contributed by atoms with Gasteiger partial charge in [-0.05, 0) is 30.7 Å². The number of para-hydroxylation sites is 1. The Labute approximate surface area is 100 Å². The van der Waals surface area contributed by atoms with Gasteiger partial charge in [0.1, 0.15) is 6.10 Å². The summed E-state index contributed by atoms with van der Waals surface area (Å²) in [5.74, 6) is -0.233. The normalized spacial score (nSPS) is 12.4. The Balaban J connectivity index is 2.86. The highest BCUT2D eigenvalue weighted by Gasteiger charge is 2.12. The van der Waals surface area contributed by atoms with E-state index in [4.69, 9.17) is 4.74 Å².